The van der Waals surface area contributed by atoms with Gasteiger partial charge in [-0.05, 0) is 23.3 Å². The third kappa shape index (κ3) is 5.63. The summed E-state index contributed by atoms with van der Waals surface area (Å²) in [5.41, 5.74) is 0.945. The fourth-order valence-corrected chi connectivity index (χ4v) is 1.07. The summed E-state index contributed by atoms with van der Waals surface area (Å²) in [6.45, 7) is 2.20. The van der Waals surface area contributed by atoms with Crippen molar-refractivity contribution in [2.24, 2.45) is 0 Å². The highest BCUT2D eigenvalue weighted by Crippen LogP contribution is 2.02. The number of aryl methyl sites for hydroxylation is 1. The van der Waals surface area contributed by atoms with E-state index in [0.717, 1.165) is 12.1 Å². The normalized spacial score (nSPS) is 9.31. The molecular weight excluding hydrogens is 232 g/mol. The minimum atomic E-state index is 0. The first kappa shape index (κ1) is 12.4. The van der Waals surface area contributed by atoms with Crippen LogP contribution in [-0.4, -0.2) is 20.6 Å². The number of hydrogen-bond acceptors (Lipinski definition) is 4. The molecule has 0 spiro atoms. The Labute approximate surface area is 88.9 Å². The van der Waals surface area contributed by atoms with Crippen molar-refractivity contribution in [2.75, 3.05) is 0 Å². The lowest BCUT2D eigenvalue weighted by Gasteiger charge is -1.96. The van der Waals surface area contributed by atoms with Gasteiger partial charge in [-0.25, -0.2) is 0 Å². The van der Waals surface area contributed by atoms with Crippen LogP contribution in [0, 0.1) is 0 Å². The highest BCUT2D eigenvalue weighted by molar-refractivity contribution is 8.93. The second-order valence-corrected chi connectivity index (χ2v) is 2.83. The van der Waals surface area contributed by atoms with Gasteiger partial charge in [0, 0.05) is 0 Å². The molecule has 1 aromatic heterocycles. The molecule has 0 aromatic carbocycles. The standard InChI is InChI=1S/C8H14N4.BrH/c1-2-3-4-5-6-8-7-9-11-12-10-8;/h7H,2-6H2,1H3;1H. The summed E-state index contributed by atoms with van der Waals surface area (Å²) < 4.78 is 0. The molecule has 0 saturated heterocycles. The summed E-state index contributed by atoms with van der Waals surface area (Å²) in [4.78, 5) is 0. The van der Waals surface area contributed by atoms with E-state index in [1.165, 1.54) is 25.7 Å². The second kappa shape index (κ2) is 8.04. The minimum absolute atomic E-state index is 0. The molecule has 4 nitrogen and oxygen atoms in total. The van der Waals surface area contributed by atoms with Crippen molar-refractivity contribution >= 4 is 17.0 Å². The summed E-state index contributed by atoms with van der Waals surface area (Å²) in [7, 11) is 0. The van der Waals surface area contributed by atoms with Gasteiger partial charge in [0.1, 0.15) is 0 Å². The van der Waals surface area contributed by atoms with E-state index in [1.807, 2.05) is 0 Å². The van der Waals surface area contributed by atoms with Crippen LogP contribution < -0.4 is 0 Å². The Hall–Kier alpha value is -0.580. The maximum absolute atomic E-state index is 3.85. The van der Waals surface area contributed by atoms with Gasteiger partial charge in [0.05, 0.1) is 11.9 Å². The Morgan fingerprint density at radius 2 is 2.00 bits per heavy atom. The molecule has 1 aromatic rings. The Balaban J connectivity index is 0.00000144. The summed E-state index contributed by atoms with van der Waals surface area (Å²) >= 11 is 0. The van der Waals surface area contributed by atoms with Crippen molar-refractivity contribution in [1.29, 1.82) is 0 Å². The van der Waals surface area contributed by atoms with E-state index >= 15 is 0 Å². The SMILES string of the molecule is Br.CCCCCCc1cnnnn1. The predicted octanol–water partition coefficient (Wildman–Crippen LogP) is 1.97. The van der Waals surface area contributed by atoms with E-state index in [2.05, 4.69) is 27.5 Å². The van der Waals surface area contributed by atoms with Gasteiger partial charge in [-0.3, -0.25) is 0 Å². The number of halogens is 1. The molecule has 0 aliphatic carbocycles. The molecular formula is C8H15BrN4. The first-order valence-electron chi connectivity index (χ1n) is 4.43. The quantitative estimate of drug-likeness (QED) is 0.746. The lowest BCUT2D eigenvalue weighted by Crippen LogP contribution is -1.97. The molecule has 5 heteroatoms. The van der Waals surface area contributed by atoms with Crippen LogP contribution in [-0.2, 0) is 6.42 Å². The second-order valence-electron chi connectivity index (χ2n) is 2.83. The lowest BCUT2D eigenvalue weighted by atomic mass is 10.1. The maximum Gasteiger partial charge on any atom is 0.0851 e. The average Bonchev–Trinajstić information content (AvgIpc) is 2.14. The van der Waals surface area contributed by atoms with E-state index in [-0.39, 0.29) is 17.0 Å². The molecule has 0 saturated carbocycles. The van der Waals surface area contributed by atoms with Crippen molar-refractivity contribution in [3.05, 3.63) is 11.9 Å². The van der Waals surface area contributed by atoms with Gasteiger partial charge >= 0.3 is 0 Å². The average molecular weight is 247 g/mol. The Bertz CT molecular complexity index is 205. The van der Waals surface area contributed by atoms with Gasteiger partial charge in [-0.2, -0.15) is 0 Å². The zero-order valence-electron chi connectivity index (χ0n) is 7.81. The largest absolute Gasteiger partial charge is 0.135 e. The molecule has 0 aliphatic heterocycles. The van der Waals surface area contributed by atoms with Gasteiger partial charge in [0.2, 0.25) is 0 Å². The topological polar surface area (TPSA) is 51.6 Å². The van der Waals surface area contributed by atoms with Crippen LogP contribution in [0.15, 0.2) is 6.20 Å². The zero-order valence-corrected chi connectivity index (χ0v) is 9.52. The van der Waals surface area contributed by atoms with Crippen molar-refractivity contribution in [3.63, 3.8) is 0 Å². The molecule has 0 fully saturated rings. The lowest BCUT2D eigenvalue weighted by molar-refractivity contribution is 0.639. The molecule has 0 unspecified atom stereocenters. The van der Waals surface area contributed by atoms with Gasteiger partial charge in [0.15, 0.2) is 0 Å². The van der Waals surface area contributed by atoms with Crippen LogP contribution in [0.3, 0.4) is 0 Å². The first-order chi connectivity index (χ1) is 5.93. The van der Waals surface area contributed by atoms with Crippen LogP contribution in [0.2, 0.25) is 0 Å². The van der Waals surface area contributed by atoms with Crippen molar-refractivity contribution in [2.45, 2.75) is 39.0 Å². The van der Waals surface area contributed by atoms with Crippen LogP contribution in [0.25, 0.3) is 0 Å². The molecule has 0 amide bonds. The minimum Gasteiger partial charge on any atom is -0.135 e. The van der Waals surface area contributed by atoms with Gasteiger partial charge in [-0.1, -0.05) is 26.2 Å². The first-order valence-corrected chi connectivity index (χ1v) is 4.43. The van der Waals surface area contributed by atoms with Crippen LogP contribution in [0.1, 0.15) is 38.3 Å². The molecule has 0 N–H and O–H groups in total. The molecule has 1 rings (SSSR count). The summed E-state index contributed by atoms with van der Waals surface area (Å²) in [6, 6.07) is 0. The molecule has 0 atom stereocenters. The summed E-state index contributed by atoms with van der Waals surface area (Å²) in [5.74, 6) is 0. The maximum atomic E-state index is 3.85. The number of hydrogen-bond donors (Lipinski definition) is 0. The third-order valence-corrected chi connectivity index (χ3v) is 1.76. The van der Waals surface area contributed by atoms with E-state index < -0.39 is 0 Å². The molecule has 0 radical (unpaired) electrons. The van der Waals surface area contributed by atoms with Gasteiger partial charge in [0.25, 0.3) is 0 Å². The van der Waals surface area contributed by atoms with Gasteiger partial charge in [-0.15, -0.1) is 27.2 Å². The molecule has 0 bridgehead atoms. The Morgan fingerprint density at radius 1 is 1.15 bits per heavy atom. The van der Waals surface area contributed by atoms with Crippen molar-refractivity contribution in [3.8, 4) is 0 Å². The molecule has 1 heterocycles. The predicted molar refractivity (Wildman–Crippen MR) is 55.8 cm³/mol. The number of rotatable bonds is 5. The summed E-state index contributed by atoms with van der Waals surface area (Å²) in [5, 5.41) is 14.4. The number of aromatic nitrogens is 4. The Morgan fingerprint density at radius 3 is 2.62 bits per heavy atom. The fourth-order valence-electron chi connectivity index (χ4n) is 1.07. The van der Waals surface area contributed by atoms with Crippen LogP contribution >= 0.6 is 17.0 Å². The highest BCUT2D eigenvalue weighted by Gasteiger charge is 1.94. The Kier molecular flexibility index (Phi) is 7.68. The fraction of sp³-hybridized carbons (Fsp3) is 0.750. The van der Waals surface area contributed by atoms with E-state index in [4.69, 9.17) is 0 Å². The van der Waals surface area contributed by atoms with Crippen molar-refractivity contribution < 1.29 is 0 Å². The van der Waals surface area contributed by atoms with E-state index in [1.54, 1.807) is 6.20 Å². The van der Waals surface area contributed by atoms with Crippen LogP contribution in [0.5, 0.6) is 0 Å². The molecule has 0 aliphatic rings. The van der Waals surface area contributed by atoms with E-state index in [9.17, 15) is 0 Å². The monoisotopic (exact) mass is 246 g/mol. The van der Waals surface area contributed by atoms with E-state index in [0.29, 0.717) is 0 Å². The molecule has 74 valence electrons. The number of unbranched alkanes of at least 4 members (excludes halogenated alkanes) is 3. The van der Waals surface area contributed by atoms with Gasteiger partial charge < -0.3 is 0 Å². The third-order valence-electron chi connectivity index (χ3n) is 1.76. The number of nitrogens with zero attached hydrogens (tertiary/aromatic N) is 4. The molecule has 13 heavy (non-hydrogen) atoms. The van der Waals surface area contributed by atoms with Crippen LogP contribution in [0.4, 0.5) is 0 Å². The zero-order chi connectivity index (χ0) is 8.65. The summed E-state index contributed by atoms with van der Waals surface area (Å²) in [6.07, 6.45) is 7.66. The smallest absolute Gasteiger partial charge is 0.0851 e. The van der Waals surface area contributed by atoms with Crippen molar-refractivity contribution in [1.82, 2.24) is 20.6 Å². The highest BCUT2D eigenvalue weighted by atomic mass is 79.9.